The van der Waals surface area contributed by atoms with Crippen LogP contribution < -0.4 is 0 Å². The summed E-state index contributed by atoms with van der Waals surface area (Å²) in [5, 5.41) is 19.1. The number of thioether (sulfide) groups is 1. The molecule has 1 atom stereocenters. The molecule has 0 fully saturated rings. The number of pyridine rings is 1. The lowest BCUT2D eigenvalue weighted by Gasteiger charge is -2.23. The molecule has 3 aromatic rings. The van der Waals surface area contributed by atoms with Gasteiger partial charge in [0, 0.05) is 47.0 Å². The number of halogens is 1. The summed E-state index contributed by atoms with van der Waals surface area (Å²) in [6, 6.07) is 9.88. The fraction of sp³-hybridized carbons (Fsp3) is 0.316. The normalized spacial score (nSPS) is 19.8. The quantitative estimate of drug-likeness (QED) is 0.743. The maximum atomic E-state index is 9.70. The number of hydrogen-bond donors (Lipinski definition) is 1. The average molecular weight is 387 g/mol. The van der Waals surface area contributed by atoms with Gasteiger partial charge in [0.1, 0.15) is 5.82 Å². The molecule has 7 heteroatoms. The predicted octanol–water partition coefficient (Wildman–Crippen LogP) is 3.70. The van der Waals surface area contributed by atoms with Gasteiger partial charge in [-0.2, -0.15) is 11.8 Å². The van der Waals surface area contributed by atoms with Crippen LogP contribution in [0.5, 0.6) is 0 Å². The maximum absolute atomic E-state index is 9.70. The van der Waals surface area contributed by atoms with E-state index in [2.05, 4.69) is 26.7 Å². The molecular weight excluding hydrogens is 368 g/mol. The Morgan fingerprint density at radius 3 is 2.88 bits per heavy atom. The highest BCUT2D eigenvalue weighted by Crippen LogP contribution is 2.35. The molecule has 0 spiro atoms. The minimum absolute atomic E-state index is 0.125. The van der Waals surface area contributed by atoms with Crippen LogP contribution in [0.4, 0.5) is 0 Å². The average Bonchev–Trinajstić information content (AvgIpc) is 2.95. The fourth-order valence-corrected chi connectivity index (χ4v) is 4.53. The van der Waals surface area contributed by atoms with Crippen molar-refractivity contribution in [3.05, 3.63) is 53.6 Å². The zero-order valence-corrected chi connectivity index (χ0v) is 16.0. The monoisotopic (exact) mass is 386 g/mol. The van der Waals surface area contributed by atoms with Gasteiger partial charge in [-0.3, -0.25) is 4.98 Å². The van der Waals surface area contributed by atoms with Crippen molar-refractivity contribution in [3.63, 3.8) is 0 Å². The van der Waals surface area contributed by atoms with Crippen LogP contribution >= 0.6 is 23.4 Å². The summed E-state index contributed by atoms with van der Waals surface area (Å²) < 4.78 is 1.91. The second kappa shape index (κ2) is 7.02. The van der Waals surface area contributed by atoms with Crippen LogP contribution in [0.1, 0.15) is 12.7 Å². The number of aromatic nitrogens is 4. The molecule has 134 valence electrons. The van der Waals surface area contributed by atoms with Crippen LogP contribution in [0.15, 0.2) is 42.7 Å². The number of benzene rings is 1. The van der Waals surface area contributed by atoms with Crippen LogP contribution in [0, 0.1) is 0 Å². The van der Waals surface area contributed by atoms with Crippen molar-refractivity contribution < 1.29 is 5.11 Å². The molecule has 4 rings (SSSR count). The first-order valence-corrected chi connectivity index (χ1v) is 9.83. The SMILES string of the molecule is CC1(CO)Cc2nnc(-c3ccc(-c4cccnc4)cc3Cl)n2CCS1. The van der Waals surface area contributed by atoms with E-state index in [1.165, 1.54) is 0 Å². The van der Waals surface area contributed by atoms with Crippen molar-refractivity contribution in [2.45, 2.75) is 24.6 Å². The van der Waals surface area contributed by atoms with E-state index in [9.17, 15) is 5.11 Å². The fourth-order valence-electron chi connectivity index (χ4n) is 3.18. The summed E-state index contributed by atoms with van der Waals surface area (Å²) in [5.41, 5.74) is 2.91. The van der Waals surface area contributed by atoms with E-state index in [1.807, 2.05) is 36.5 Å². The molecular formula is C19H19ClN4OS. The summed E-state index contributed by atoms with van der Waals surface area (Å²) >= 11 is 8.37. The Labute approximate surface area is 161 Å². The van der Waals surface area contributed by atoms with Gasteiger partial charge in [0.25, 0.3) is 0 Å². The highest BCUT2D eigenvalue weighted by molar-refractivity contribution is 8.00. The largest absolute Gasteiger partial charge is 0.395 e. The van der Waals surface area contributed by atoms with Gasteiger partial charge in [-0.1, -0.05) is 23.7 Å². The summed E-state index contributed by atoms with van der Waals surface area (Å²) in [7, 11) is 0. The molecule has 0 aliphatic carbocycles. The van der Waals surface area contributed by atoms with Gasteiger partial charge in [-0.15, -0.1) is 10.2 Å². The number of aliphatic hydroxyl groups excluding tert-OH is 1. The Hall–Kier alpha value is -1.89. The molecule has 26 heavy (non-hydrogen) atoms. The van der Waals surface area contributed by atoms with Crippen molar-refractivity contribution in [2.24, 2.45) is 0 Å². The molecule has 3 heterocycles. The molecule has 0 saturated heterocycles. The van der Waals surface area contributed by atoms with E-state index >= 15 is 0 Å². The molecule has 0 radical (unpaired) electrons. The zero-order chi connectivity index (χ0) is 18.1. The Bertz CT molecular complexity index is 931. The van der Waals surface area contributed by atoms with E-state index in [-0.39, 0.29) is 11.4 Å². The third-order valence-electron chi connectivity index (χ3n) is 4.66. The van der Waals surface area contributed by atoms with Crippen LogP contribution in [-0.4, -0.2) is 42.0 Å². The topological polar surface area (TPSA) is 63.8 Å². The van der Waals surface area contributed by atoms with Gasteiger partial charge < -0.3 is 9.67 Å². The van der Waals surface area contributed by atoms with Gasteiger partial charge in [0.05, 0.1) is 11.6 Å². The van der Waals surface area contributed by atoms with Crippen LogP contribution in [0.2, 0.25) is 5.02 Å². The van der Waals surface area contributed by atoms with E-state index in [1.54, 1.807) is 18.0 Å². The lowest BCUT2D eigenvalue weighted by Crippen LogP contribution is -2.28. The second-order valence-electron chi connectivity index (χ2n) is 6.66. The summed E-state index contributed by atoms with van der Waals surface area (Å²) in [6.07, 6.45) is 4.26. The predicted molar refractivity (Wildman–Crippen MR) is 105 cm³/mol. The van der Waals surface area contributed by atoms with Crippen molar-refractivity contribution in [1.29, 1.82) is 0 Å². The Morgan fingerprint density at radius 2 is 2.15 bits per heavy atom. The third kappa shape index (κ3) is 3.24. The second-order valence-corrected chi connectivity index (χ2v) is 8.75. The zero-order valence-electron chi connectivity index (χ0n) is 14.4. The summed E-state index contributed by atoms with van der Waals surface area (Å²) in [6.45, 7) is 3.00. The van der Waals surface area contributed by atoms with Crippen LogP contribution in [0.25, 0.3) is 22.5 Å². The molecule has 1 unspecified atom stereocenters. The van der Waals surface area contributed by atoms with Crippen molar-refractivity contribution in [3.8, 4) is 22.5 Å². The van der Waals surface area contributed by atoms with Gasteiger partial charge >= 0.3 is 0 Å². The smallest absolute Gasteiger partial charge is 0.165 e. The molecule has 1 aromatic carbocycles. The molecule has 1 aliphatic rings. The lowest BCUT2D eigenvalue weighted by molar-refractivity contribution is 0.254. The van der Waals surface area contributed by atoms with E-state index in [4.69, 9.17) is 11.6 Å². The molecule has 0 amide bonds. The first kappa shape index (κ1) is 17.5. The van der Waals surface area contributed by atoms with E-state index in [0.717, 1.165) is 40.6 Å². The highest BCUT2D eigenvalue weighted by Gasteiger charge is 2.31. The number of rotatable bonds is 3. The molecule has 2 aromatic heterocycles. The highest BCUT2D eigenvalue weighted by atomic mass is 35.5. The minimum atomic E-state index is -0.216. The van der Waals surface area contributed by atoms with Gasteiger partial charge in [-0.05, 0) is 30.7 Å². The molecule has 5 nitrogen and oxygen atoms in total. The third-order valence-corrected chi connectivity index (χ3v) is 6.33. The summed E-state index contributed by atoms with van der Waals surface area (Å²) in [4.78, 5) is 4.16. The first-order chi connectivity index (χ1) is 12.6. The van der Waals surface area contributed by atoms with E-state index in [0.29, 0.717) is 11.4 Å². The van der Waals surface area contributed by atoms with Gasteiger partial charge in [0.15, 0.2) is 5.82 Å². The van der Waals surface area contributed by atoms with Crippen molar-refractivity contribution in [2.75, 3.05) is 12.4 Å². The number of aliphatic hydroxyl groups is 1. The number of nitrogens with zero attached hydrogens (tertiary/aromatic N) is 4. The molecule has 0 bridgehead atoms. The van der Waals surface area contributed by atoms with E-state index < -0.39 is 0 Å². The molecule has 0 saturated carbocycles. The minimum Gasteiger partial charge on any atom is -0.395 e. The van der Waals surface area contributed by atoms with Crippen molar-refractivity contribution in [1.82, 2.24) is 19.7 Å². The van der Waals surface area contributed by atoms with Gasteiger partial charge in [0.2, 0.25) is 0 Å². The Kier molecular flexibility index (Phi) is 4.73. The molecule has 1 N–H and O–H groups in total. The number of fused-ring (bicyclic) bond motifs is 1. The Balaban J connectivity index is 1.71. The van der Waals surface area contributed by atoms with Crippen molar-refractivity contribution >= 4 is 23.4 Å². The van der Waals surface area contributed by atoms with Crippen LogP contribution in [0.3, 0.4) is 0 Å². The standard InChI is InChI=1S/C19H19ClN4OS/c1-19(12-25)10-17-22-23-18(24(17)7-8-26-19)15-5-4-13(9-16(15)20)14-3-2-6-21-11-14/h2-6,9,11,25H,7-8,10,12H2,1H3. The van der Waals surface area contributed by atoms with Crippen LogP contribution in [-0.2, 0) is 13.0 Å². The summed E-state index contributed by atoms with van der Waals surface area (Å²) in [5.74, 6) is 2.58. The van der Waals surface area contributed by atoms with Gasteiger partial charge in [-0.25, -0.2) is 0 Å². The lowest BCUT2D eigenvalue weighted by atomic mass is 10.0. The maximum Gasteiger partial charge on any atom is 0.165 e. The first-order valence-electron chi connectivity index (χ1n) is 8.47. The Morgan fingerprint density at radius 1 is 1.27 bits per heavy atom. The molecule has 1 aliphatic heterocycles. The number of hydrogen-bond acceptors (Lipinski definition) is 5.